The van der Waals surface area contributed by atoms with Crippen molar-refractivity contribution in [2.24, 2.45) is 0 Å². The van der Waals surface area contributed by atoms with Crippen LogP contribution in [-0.4, -0.2) is 27.7 Å². The first-order valence-corrected chi connectivity index (χ1v) is 4.85. The van der Waals surface area contributed by atoms with Crippen molar-refractivity contribution >= 4 is 5.91 Å². The SMILES string of the molecule is CNC(=O)CCCn1c(O)cc(C)c1O. The van der Waals surface area contributed by atoms with Crippen LogP contribution < -0.4 is 5.32 Å². The van der Waals surface area contributed by atoms with Gasteiger partial charge in [-0.25, -0.2) is 0 Å². The minimum atomic E-state index is -0.0437. The van der Waals surface area contributed by atoms with Crippen molar-refractivity contribution in [1.29, 1.82) is 0 Å². The van der Waals surface area contributed by atoms with Crippen LogP contribution >= 0.6 is 0 Å². The molecule has 0 bridgehead atoms. The summed E-state index contributed by atoms with van der Waals surface area (Å²) in [6, 6.07) is 1.50. The summed E-state index contributed by atoms with van der Waals surface area (Å²) in [5.41, 5.74) is 0.632. The number of hydrogen-bond donors (Lipinski definition) is 3. The molecule has 3 N–H and O–H groups in total. The number of nitrogens with one attached hydrogen (secondary N) is 1. The molecule has 0 saturated carbocycles. The van der Waals surface area contributed by atoms with Gasteiger partial charge in [-0.1, -0.05) is 0 Å². The van der Waals surface area contributed by atoms with Crippen LogP contribution in [0.2, 0.25) is 0 Å². The smallest absolute Gasteiger partial charge is 0.219 e. The highest BCUT2D eigenvalue weighted by Gasteiger charge is 2.10. The van der Waals surface area contributed by atoms with E-state index in [1.165, 1.54) is 10.6 Å². The van der Waals surface area contributed by atoms with E-state index in [9.17, 15) is 15.0 Å². The number of amides is 1. The van der Waals surface area contributed by atoms with Crippen molar-refractivity contribution in [3.8, 4) is 11.8 Å². The highest BCUT2D eigenvalue weighted by atomic mass is 16.3. The monoisotopic (exact) mass is 212 g/mol. The molecule has 0 spiro atoms. The van der Waals surface area contributed by atoms with Crippen LogP contribution in [-0.2, 0) is 11.3 Å². The van der Waals surface area contributed by atoms with Crippen molar-refractivity contribution in [3.05, 3.63) is 11.6 Å². The summed E-state index contributed by atoms with van der Waals surface area (Å²) in [4.78, 5) is 10.9. The van der Waals surface area contributed by atoms with E-state index >= 15 is 0 Å². The highest BCUT2D eigenvalue weighted by molar-refractivity contribution is 5.75. The average molecular weight is 212 g/mol. The van der Waals surface area contributed by atoms with E-state index in [2.05, 4.69) is 5.32 Å². The largest absolute Gasteiger partial charge is 0.494 e. The lowest BCUT2D eigenvalue weighted by molar-refractivity contribution is -0.120. The number of aryl methyl sites for hydroxylation is 1. The van der Waals surface area contributed by atoms with E-state index < -0.39 is 0 Å². The predicted octanol–water partition coefficient (Wildman–Crippen LogP) is 0.734. The third-order valence-electron chi connectivity index (χ3n) is 2.29. The number of carbonyl (C=O) groups is 1. The van der Waals surface area contributed by atoms with Crippen LogP contribution in [0.4, 0.5) is 0 Å². The lowest BCUT2D eigenvalue weighted by atomic mass is 10.3. The van der Waals surface area contributed by atoms with Crippen molar-refractivity contribution in [2.75, 3.05) is 7.05 Å². The van der Waals surface area contributed by atoms with Gasteiger partial charge in [-0.05, 0) is 13.3 Å². The number of aromatic hydroxyl groups is 2. The molecule has 1 aromatic heterocycles. The van der Waals surface area contributed by atoms with Crippen molar-refractivity contribution in [3.63, 3.8) is 0 Å². The average Bonchev–Trinajstić information content (AvgIpc) is 2.44. The molecule has 1 heterocycles. The molecule has 1 amide bonds. The van der Waals surface area contributed by atoms with Crippen molar-refractivity contribution in [1.82, 2.24) is 9.88 Å². The zero-order chi connectivity index (χ0) is 11.4. The summed E-state index contributed by atoms with van der Waals surface area (Å²) in [5.74, 6) is 0.0455. The molecule has 84 valence electrons. The molecule has 0 saturated heterocycles. The predicted molar refractivity (Wildman–Crippen MR) is 55.8 cm³/mol. The Morgan fingerprint density at radius 1 is 1.53 bits per heavy atom. The minimum absolute atomic E-state index is 0.0295. The minimum Gasteiger partial charge on any atom is -0.494 e. The number of aromatic nitrogens is 1. The molecule has 0 radical (unpaired) electrons. The molecule has 0 aromatic carbocycles. The topological polar surface area (TPSA) is 74.5 Å². The maximum Gasteiger partial charge on any atom is 0.219 e. The van der Waals surface area contributed by atoms with Gasteiger partial charge in [0.2, 0.25) is 5.91 Å². The zero-order valence-electron chi connectivity index (χ0n) is 8.95. The van der Waals surface area contributed by atoms with Crippen LogP contribution in [0.5, 0.6) is 11.8 Å². The second-order valence-corrected chi connectivity index (χ2v) is 3.44. The quantitative estimate of drug-likeness (QED) is 0.689. The third-order valence-corrected chi connectivity index (χ3v) is 2.29. The maximum absolute atomic E-state index is 10.9. The van der Waals surface area contributed by atoms with Gasteiger partial charge in [0, 0.05) is 31.6 Å². The van der Waals surface area contributed by atoms with Crippen LogP contribution in [0.1, 0.15) is 18.4 Å². The molecule has 1 rings (SSSR count). The summed E-state index contributed by atoms with van der Waals surface area (Å²) in [6.07, 6.45) is 0.960. The molecule has 0 aliphatic heterocycles. The summed E-state index contributed by atoms with van der Waals surface area (Å²) in [5, 5.41) is 21.5. The molecule has 0 unspecified atom stereocenters. The Morgan fingerprint density at radius 2 is 2.20 bits per heavy atom. The van der Waals surface area contributed by atoms with Crippen LogP contribution in [0.3, 0.4) is 0 Å². The van der Waals surface area contributed by atoms with Gasteiger partial charge in [0.1, 0.15) is 0 Å². The summed E-state index contributed by atoms with van der Waals surface area (Å²) in [7, 11) is 1.58. The molecule has 5 heteroatoms. The Labute approximate surface area is 88.3 Å². The Bertz CT molecular complexity index is 358. The normalized spacial score (nSPS) is 10.3. The molecule has 0 fully saturated rings. The Kier molecular flexibility index (Phi) is 3.60. The van der Waals surface area contributed by atoms with Crippen molar-refractivity contribution in [2.45, 2.75) is 26.3 Å². The number of carbonyl (C=O) groups excluding carboxylic acids is 1. The fraction of sp³-hybridized carbons (Fsp3) is 0.500. The van der Waals surface area contributed by atoms with E-state index in [1.54, 1.807) is 14.0 Å². The molecular weight excluding hydrogens is 196 g/mol. The molecule has 5 nitrogen and oxygen atoms in total. The molecule has 0 atom stereocenters. The van der Waals surface area contributed by atoms with Gasteiger partial charge >= 0.3 is 0 Å². The van der Waals surface area contributed by atoms with Crippen LogP contribution in [0.15, 0.2) is 6.07 Å². The first kappa shape index (κ1) is 11.4. The summed E-state index contributed by atoms with van der Waals surface area (Å²) >= 11 is 0. The Hall–Kier alpha value is -1.65. The summed E-state index contributed by atoms with van der Waals surface area (Å²) in [6.45, 7) is 2.14. The van der Waals surface area contributed by atoms with Gasteiger partial charge in [0.25, 0.3) is 0 Å². The Balaban J connectivity index is 2.54. The van der Waals surface area contributed by atoms with E-state index in [-0.39, 0.29) is 17.7 Å². The first-order chi connectivity index (χ1) is 7.06. The first-order valence-electron chi connectivity index (χ1n) is 4.85. The van der Waals surface area contributed by atoms with E-state index in [0.29, 0.717) is 24.9 Å². The van der Waals surface area contributed by atoms with Gasteiger partial charge in [-0.3, -0.25) is 9.36 Å². The van der Waals surface area contributed by atoms with Gasteiger partial charge in [-0.15, -0.1) is 0 Å². The fourth-order valence-corrected chi connectivity index (χ4v) is 1.40. The molecule has 1 aromatic rings. The van der Waals surface area contributed by atoms with Gasteiger partial charge in [-0.2, -0.15) is 0 Å². The molecular formula is C10H16N2O3. The van der Waals surface area contributed by atoms with E-state index in [0.717, 1.165) is 0 Å². The number of rotatable bonds is 4. The third kappa shape index (κ3) is 2.65. The zero-order valence-corrected chi connectivity index (χ0v) is 8.95. The van der Waals surface area contributed by atoms with Crippen molar-refractivity contribution < 1.29 is 15.0 Å². The lowest BCUT2D eigenvalue weighted by Gasteiger charge is -2.06. The standard InChI is InChI=1S/C10H16N2O3/c1-7-6-9(14)12(10(7)15)5-3-4-8(13)11-2/h6,14-15H,3-5H2,1-2H3,(H,11,13). The van der Waals surface area contributed by atoms with Crippen LogP contribution in [0.25, 0.3) is 0 Å². The highest BCUT2D eigenvalue weighted by Crippen LogP contribution is 2.26. The number of nitrogens with zero attached hydrogens (tertiary/aromatic N) is 1. The van der Waals surface area contributed by atoms with E-state index in [4.69, 9.17) is 0 Å². The van der Waals surface area contributed by atoms with Gasteiger partial charge in [0.15, 0.2) is 11.8 Å². The molecule has 15 heavy (non-hydrogen) atoms. The summed E-state index contributed by atoms with van der Waals surface area (Å²) < 4.78 is 1.39. The molecule has 0 aliphatic rings. The maximum atomic E-state index is 10.9. The number of hydrogen-bond acceptors (Lipinski definition) is 3. The molecule has 0 aliphatic carbocycles. The fourth-order valence-electron chi connectivity index (χ4n) is 1.40. The van der Waals surface area contributed by atoms with Gasteiger partial charge in [0.05, 0.1) is 0 Å². The van der Waals surface area contributed by atoms with Gasteiger partial charge < -0.3 is 15.5 Å². The van der Waals surface area contributed by atoms with Crippen LogP contribution in [0, 0.1) is 6.92 Å². The Morgan fingerprint density at radius 3 is 2.67 bits per heavy atom. The van der Waals surface area contributed by atoms with E-state index in [1.807, 2.05) is 0 Å². The second kappa shape index (κ2) is 4.72. The lowest BCUT2D eigenvalue weighted by Crippen LogP contribution is -2.17. The second-order valence-electron chi connectivity index (χ2n) is 3.44.